The molecule has 2 N–H and O–H groups in total. The maximum Gasteiger partial charge on any atom is 1.00 e. The minimum absolute atomic E-state index is 0. The quantitative estimate of drug-likeness (QED) is 0.465. The van der Waals surface area contributed by atoms with Gasteiger partial charge in [-0.05, 0) is 41.5 Å². The zero-order valence-electron chi connectivity index (χ0n) is 14.2. The number of ether oxygens (including phenoxy) is 2. The van der Waals surface area contributed by atoms with Crippen LogP contribution in [0.3, 0.4) is 0 Å². The number of carbonyl (C=O) groups is 1. The van der Waals surface area contributed by atoms with E-state index in [1.165, 1.54) is 32.4 Å². The SMILES string of the molecule is COc1cc(C=C(C(=O)O)c2ccc(O)cc2)cc(OC)c1.[H-].[Na+]. The summed E-state index contributed by atoms with van der Waals surface area (Å²) in [5.41, 5.74) is 1.24. The third-order valence-corrected chi connectivity index (χ3v) is 3.09. The van der Waals surface area contributed by atoms with Crippen molar-refractivity contribution in [3.63, 3.8) is 0 Å². The predicted molar refractivity (Wildman–Crippen MR) is 84.3 cm³/mol. The molecule has 0 spiro atoms. The van der Waals surface area contributed by atoms with Crippen molar-refractivity contribution in [1.82, 2.24) is 0 Å². The molecule has 5 nitrogen and oxygen atoms in total. The van der Waals surface area contributed by atoms with E-state index in [-0.39, 0.29) is 42.3 Å². The minimum Gasteiger partial charge on any atom is -1.00 e. The van der Waals surface area contributed by atoms with E-state index in [1.807, 2.05) is 0 Å². The first kappa shape index (κ1) is 19.1. The first-order valence-corrected chi connectivity index (χ1v) is 6.51. The van der Waals surface area contributed by atoms with Gasteiger partial charge in [0.25, 0.3) is 0 Å². The molecule has 6 heteroatoms. The molecule has 0 amide bonds. The van der Waals surface area contributed by atoms with E-state index < -0.39 is 5.97 Å². The third-order valence-electron chi connectivity index (χ3n) is 3.09. The molecule has 0 aliphatic rings. The average molecular weight is 324 g/mol. The number of carboxylic acid groups (broad SMARTS) is 1. The van der Waals surface area contributed by atoms with Crippen LogP contribution in [0.15, 0.2) is 42.5 Å². The van der Waals surface area contributed by atoms with Gasteiger partial charge in [0.1, 0.15) is 17.2 Å². The standard InChI is InChI=1S/C17H16O5.Na.H/c1-21-14-7-11(8-15(10-14)22-2)9-16(17(19)20)12-3-5-13(18)6-4-12;;/h3-10,18H,1-2H3,(H,19,20);;/q;+1;-1. The zero-order chi connectivity index (χ0) is 16.1. The Kier molecular flexibility index (Phi) is 7.16. The van der Waals surface area contributed by atoms with E-state index in [0.29, 0.717) is 22.6 Å². The van der Waals surface area contributed by atoms with Crippen molar-refractivity contribution in [2.24, 2.45) is 0 Å². The van der Waals surface area contributed by atoms with Gasteiger partial charge in [-0.3, -0.25) is 0 Å². The molecule has 0 aromatic heterocycles. The number of rotatable bonds is 5. The summed E-state index contributed by atoms with van der Waals surface area (Å²) in [6.45, 7) is 0. The Balaban J connectivity index is 0.00000264. The van der Waals surface area contributed by atoms with Gasteiger partial charge in [-0.1, -0.05) is 12.1 Å². The van der Waals surface area contributed by atoms with Crippen LogP contribution < -0.4 is 39.0 Å². The average Bonchev–Trinajstić information content (AvgIpc) is 2.53. The molecule has 0 aliphatic carbocycles. The maximum atomic E-state index is 11.5. The van der Waals surface area contributed by atoms with Crippen molar-refractivity contribution in [3.05, 3.63) is 53.6 Å². The molecule has 0 aliphatic heterocycles. The summed E-state index contributed by atoms with van der Waals surface area (Å²) in [4.78, 5) is 11.5. The summed E-state index contributed by atoms with van der Waals surface area (Å²) in [6, 6.07) is 11.1. The number of aliphatic carboxylic acids is 1. The van der Waals surface area contributed by atoms with Gasteiger partial charge in [-0.25, -0.2) is 4.79 Å². The van der Waals surface area contributed by atoms with E-state index in [9.17, 15) is 15.0 Å². The predicted octanol–water partition coefficient (Wildman–Crippen LogP) is 0.151. The summed E-state index contributed by atoms with van der Waals surface area (Å²) in [5, 5.41) is 18.7. The Hall–Kier alpha value is -1.95. The van der Waals surface area contributed by atoms with Gasteiger partial charge in [0.05, 0.1) is 19.8 Å². The van der Waals surface area contributed by atoms with E-state index in [2.05, 4.69) is 0 Å². The van der Waals surface area contributed by atoms with Gasteiger partial charge >= 0.3 is 35.5 Å². The van der Waals surface area contributed by atoms with E-state index in [4.69, 9.17) is 9.47 Å². The number of benzene rings is 2. The van der Waals surface area contributed by atoms with E-state index in [0.717, 1.165) is 0 Å². The summed E-state index contributed by atoms with van der Waals surface area (Å²) in [7, 11) is 3.06. The number of hydrogen-bond donors (Lipinski definition) is 2. The topological polar surface area (TPSA) is 76.0 Å². The zero-order valence-corrected chi connectivity index (χ0v) is 15.2. The molecular formula is C17H17NaO5. The molecule has 0 radical (unpaired) electrons. The molecule has 0 atom stereocenters. The fourth-order valence-corrected chi connectivity index (χ4v) is 1.99. The smallest absolute Gasteiger partial charge is 1.00 e. The maximum absolute atomic E-state index is 11.5. The molecule has 116 valence electrons. The fourth-order valence-electron chi connectivity index (χ4n) is 1.99. The second-order valence-electron chi connectivity index (χ2n) is 4.56. The molecule has 0 saturated heterocycles. The van der Waals surface area contributed by atoms with Crippen LogP contribution in [0.2, 0.25) is 0 Å². The first-order chi connectivity index (χ1) is 10.5. The Morgan fingerprint density at radius 2 is 1.57 bits per heavy atom. The van der Waals surface area contributed by atoms with Crippen LogP contribution in [0.25, 0.3) is 11.6 Å². The number of phenolic OH excluding ortho intramolecular Hbond substituents is 1. The van der Waals surface area contributed by atoms with Crippen molar-refractivity contribution < 1.29 is 55.5 Å². The fraction of sp³-hybridized carbons (Fsp3) is 0.118. The van der Waals surface area contributed by atoms with Gasteiger partial charge in [-0.15, -0.1) is 0 Å². The van der Waals surface area contributed by atoms with Crippen molar-refractivity contribution >= 4 is 17.6 Å². The normalized spacial score (nSPS) is 10.6. The van der Waals surface area contributed by atoms with Gasteiger partial charge in [-0.2, -0.15) is 0 Å². The summed E-state index contributed by atoms with van der Waals surface area (Å²) in [6.07, 6.45) is 1.53. The number of methoxy groups -OCH3 is 2. The van der Waals surface area contributed by atoms with Crippen molar-refractivity contribution in [2.45, 2.75) is 0 Å². The van der Waals surface area contributed by atoms with Crippen molar-refractivity contribution in [2.75, 3.05) is 14.2 Å². The molecule has 2 aromatic rings. The number of aromatic hydroxyl groups is 1. The second kappa shape index (κ2) is 8.62. The summed E-state index contributed by atoms with van der Waals surface area (Å²) >= 11 is 0. The van der Waals surface area contributed by atoms with E-state index >= 15 is 0 Å². The van der Waals surface area contributed by atoms with Crippen LogP contribution in [0.5, 0.6) is 17.2 Å². The third kappa shape index (κ3) is 5.03. The molecule has 0 bridgehead atoms. The number of phenols is 1. The van der Waals surface area contributed by atoms with Gasteiger partial charge < -0.3 is 21.1 Å². The van der Waals surface area contributed by atoms with Gasteiger partial charge in [0.2, 0.25) is 0 Å². The Bertz CT molecular complexity index is 691. The van der Waals surface area contributed by atoms with Crippen LogP contribution in [-0.2, 0) is 4.79 Å². The van der Waals surface area contributed by atoms with Crippen LogP contribution >= 0.6 is 0 Å². The molecule has 0 heterocycles. The van der Waals surface area contributed by atoms with Crippen LogP contribution in [0, 0.1) is 0 Å². The van der Waals surface area contributed by atoms with Crippen molar-refractivity contribution in [3.8, 4) is 17.2 Å². The monoisotopic (exact) mass is 324 g/mol. The summed E-state index contributed by atoms with van der Waals surface area (Å²) < 4.78 is 10.3. The molecule has 0 unspecified atom stereocenters. The largest absolute Gasteiger partial charge is 1.00 e. The van der Waals surface area contributed by atoms with Crippen LogP contribution in [0.1, 0.15) is 12.6 Å². The molecule has 23 heavy (non-hydrogen) atoms. The van der Waals surface area contributed by atoms with E-state index in [1.54, 1.807) is 30.3 Å². The van der Waals surface area contributed by atoms with Crippen molar-refractivity contribution in [1.29, 1.82) is 0 Å². The van der Waals surface area contributed by atoms with Gasteiger partial charge in [0, 0.05) is 6.07 Å². The summed E-state index contributed by atoms with van der Waals surface area (Å²) in [5.74, 6) is 0.158. The Morgan fingerprint density at radius 3 is 2.00 bits per heavy atom. The Labute approximate surface area is 157 Å². The minimum atomic E-state index is -1.06. The van der Waals surface area contributed by atoms with Crippen LogP contribution in [-0.4, -0.2) is 30.4 Å². The Morgan fingerprint density at radius 1 is 1.04 bits per heavy atom. The first-order valence-electron chi connectivity index (χ1n) is 6.51. The molecule has 2 rings (SSSR count). The van der Waals surface area contributed by atoms with Gasteiger partial charge in [0.15, 0.2) is 0 Å². The molecule has 0 saturated carbocycles. The molecule has 2 aromatic carbocycles. The second-order valence-corrected chi connectivity index (χ2v) is 4.56. The molecular weight excluding hydrogens is 307 g/mol. The number of hydrogen-bond acceptors (Lipinski definition) is 4. The molecule has 0 fully saturated rings. The number of carboxylic acids is 1. The van der Waals surface area contributed by atoms with Crippen LogP contribution in [0.4, 0.5) is 0 Å².